The fourth-order valence-corrected chi connectivity index (χ4v) is 3.63. The third-order valence-corrected chi connectivity index (χ3v) is 4.72. The first kappa shape index (κ1) is 12.8. The Balaban J connectivity index is 2.06. The van der Waals surface area contributed by atoms with Gasteiger partial charge in [0.05, 0.1) is 0 Å². The van der Waals surface area contributed by atoms with Crippen LogP contribution in [0.5, 0.6) is 0 Å². The zero-order valence-electron chi connectivity index (χ0n) is 9.71. The van der Waals surface area contributed by atoms with Crippen molar-refractivity contribution in [1.29, 1.82) is 5.41 Å². The van der Waals surface area contributed by atoms with E-state index in [-0.39, 0.29) is 5.84 Å². The predicted molar refractivity (Wildman–Crippen MR) is 75.2 cm³/mol. The quantitative estimate of drug-likeness (QED) is 0.494. The maximum Gasteiger partial charge on any atom is 0.123 e. The van der Waals surface area contributed by atoms with Gasteiger partial charge in [-0.05, 0) is 37.0 Å². The molecule has 1 aromatic carbocycles. The van der Waals surface area contributed by atoms with Crippen LogP contribution in [0.15, 0.2) is 23.1 Å². The van der Waals surface area contributed by atoms with Gasteiger partial charge in [-0.25, -0.2) is 0 Å². The molecule has 92 valence electrons. The van der Waals surface area contributed by atoms with Crippen LogP contribution in [0.1, 0.15) is 31.2 Å². The van der Waals surface area contributed by atoms with E-state index in [9.17, 15) is 0 Å². The minimum Gasteiger partial charge on any atom is -0.384 e. The van der Waals surface area contributed by atoms with Crippen LogP contribution in [0, 0.1) is 11.3 Å². The third kappa shape index (κ3) is 3.39. The lowest BCUT2D eigenvalue weighted by molar-refractivity contribution is 0.623. The molecule has 0 saturated heterocycles. The molecule has 0 bridgehead atoms. The molecule has 0 atom stereocenters. The molecular formula is C13H17ClN2S. The fourth-order valence-electron chi connectivity index (χ4n) is 2.22. The third-order valence-electron chi connectivity index (χ3n) is 3.18. The Bertz CT molecular complexity index is 414. The monoisotopic (exact) mass is 268 g/mol. The summed E-state index contributed by atoms with van der Waals surface area (Å²) in [6.07, 6.45) is 5.42. The summed E-state index contributed by atoms with van der Waals surface area (Å²) in [5, 5.41) is 8.21. The summed E-state index contributed by atoms with van der Waals surface area (Å²) in [6.45, 7) is 0. The van der Waals surface area contributed by atoms with Gasteiger partial charge in [0.15, 0.2) is 0 Å². The maximum absolute atomic E-state index is 7.57. The molecule has 3 N–H and O–H groups in total. The second kappa shape index (κ2) is 5.78. The van der Waals surface area contributed by atoms with Gasteiger partial charge in [0.1, 0.15) is 5.84 Å². The molecule has 0 spiro atoms. The molecule has 0 aromatic heterocycles. The molecule has 1 fully saturated rings. The number of hydrogen-bond acceptors (Lipinski definition) is 2. The Hall–Kier alpha value is -0.670. The van der Waals surface area contributed by atoms with Crippen LogP contribution < -0.4 is 5.73 Å². The number of hydrogen-bond donors (Lipinski definition) is 2. The van der Waals surface area contributed by atoms with E-state index in [2.05, 4.69) is 0 Å². The average Bonchev–Trinajstić information content (AvgIpc) is 2.80. The SMILES string of the molecule is N=C(N)c1cc(Cl)ccc1SCC1CCCC1. The zero-order chi connectivity index (χ0) is 12.3. The highest BCUT2D eigenvalue weighted by Gasteiger charge is 2.16. The average molecular weight is 269 g/mol. The van der Waals surface area contributed by atoms with Gasteiger partial charge in [-0.3, -0.25) is 5.41 Å². The highest BCUT2D eigenvalue weighted by atomic mass is 35.5. The van der Waals surface area contributed by atoms with E-state index >= 15 is 0 Å². The number of benzene rings is 1. The molecule has 0 aliphatic heterocycles. The molecule has 1 aliphatic rings. The largest absolute Gasteiger partial charge is 0.384 e. The van der Waals surface area contributed by atoms with Crippen molar-refractivity contribution in [3.05, 3.63) is 28.8 Å². The molecule has 1 aromatic rings. The van der Waals surface area contributed by atoms with Gasteiger partial charge in [-0.15, -0.1) is 11.8 Å². The predicted octanol–water partition coefficient (Wildman–Crippen LogP) is 3.91. The Labute approximate surface area is 111 Å². The molecular weight excluding hydrogens is 252 g/mol. The number of thioether (sulfide) groups is 1. The van der Waals surface area contributed by atoms with E-state index in [0.717, 1.165) is 22.1 Å². The van der Waals surface area contributed by atoms with Gasteiger partial charge in [-0.2, -0.15) is 0 Å². The van der Waals surface area contributed by atoms with E-state index in [0.29, 0.717) is 5.02 Å². The number of amidine groups is 1. The summed E-state index contributed by atoms with van der Waals surface area (Å²) in [5.74, 6) is 2.05. The van der Waals surface area contributed by atoms with Crippen molar-refractivity contribution in [2.24, 2.45) is 11.7 Å². The molecule has 17 heavy (non-hydrogen) atoms. The summed E-state index contributed by atoms with van der Waals surface area (Å²) in [7, 11) is 0. The Morgan fingerprint density at radius 2 is 2.12 bits per heavy atom. The number of halogens is 1. The van der Waals surface area contributed by atoms with E-state index in [4.69, 9.17) is 22.7 Å². The minimum atomic E-state index is 0.0985. The number of nitrogens with one attached hydrogen (secondary N) is 1. The van der Waals surface area contributed by atoms with Gasteiger partial charge in [-0.1, -0.05) is 24.4 Å². The van der Waals surface area contributed by atoms with Crippen LogP contribution in [0.4, 0.5) is 0 Å². The smallest absolute Gasteiger partial charge is 0.123 e. The van der Waals surface area contributed by atoms with Crippen molar-refractivity contribution in [1.82, 2.24) is 0 Å². The summed E-state index contributed by atoms with van der Waals surface area (Å²) in [4.78, 5) is 1.08. The van der Waals surface area contributed by atoms with E-state index in [1.54, 1.807) is 17.8 Å². The topological polar surface area (TPSA) is 49.9 Å². The number of rotatable bonds is 4. The van der Waals surface area contributed by atoms with Crippen molar-refractivity contribution >= 4 is 29.2 Å². The lowest BCUT2D eigenvalue weighted by Crippen LogP contribution is -2.12. The molecule has 0 amide bonds. The molecule has 0 heterocycles. The molecule has 1 aliphatic carbocycles. The minimum absolute atomic E-state index is 0.0985. The maximum atomic E-state index is 7.57. The van der Waals surface area contributed by atoms with Crippen molar-refractivity contribution < 1.29 is 0 Å². The van der Waals surface area contributed by atoms with E-state index in [1.807, 2.05) is 12.1 Å². The standard InChI is InChI=1S/C13H17ClN2S/c14-10-5-6-12(11(7-10)13(15)16)17-8-9-3-1-2-4-9/h5-7,9H,1-4,8H2,(H3,15,16). The van der Waals surface area contributed by atoms with Crippen LogP contribution in [0.3, 0.4) is 0 Å². The van der Waals surface area contributed by atoms with Crippen molar-refractivity contribution in [2.75, 3.05) is 5.75 Å². The summed E-state index contributed by atoms with van der Waals surface area (Å²) < 4.78 is 0. The zero-order valence-corrected chi connectivity index (χ0v) is 11.3. The first-order chi connectivity index (χ1) is 8.16. The van der Waals surface area contributed by atoms with Crippen molar-refractivity contribution in [3.63, 3.8) is 0 Å². The van der Waals surface area contributed by atoms with Gasteiger partial charge in [0, 0.05) is 21.2 Å². The second-order valence-electron chi connectivity index (χ2n) is 4.52. The first-order valence-electron chi connectivity index (χ1n) is 5.93. The van der Waals surface area contributed by atoms with Crippen LogP contribution in [-0.2, 0) is 0 Å². The summed E-state index contributed by atoms with van der Waals surface area (Å²) in [6, 6.07) is 5.62. The Morgan fingerprint density at radius 1 is 1.41 bits per heavy atom. The molecule has 1 saturated carbocycles. The van der Waals surface area contributed by atoms with Gasteiger partial charge in [0.25, 0.3) is 0 Å². The molecule has 0 radical (unpaired) electrons. The second-order valence-corrected chi connectivity index (χ2v) is 6.01. The van der Waals surface area contributed by atoms with Crippen LogP contribution in [0.25, 0.3) is 0 Å². The lowest BCUT2D eigenvalue weighted by atomic mass is 10.1. The number of nitrogens with two attached hydrogens (primary N) is 1. The molecule has 2 nitrogen and oxygen atoms in total. The van der Waals surface area contributed by atoms with Gasteiger partial charge < -0.3 is 5.73 Å². The normalized spacial score (nSPS) is 16.3. The van der Waals surface area contributed by atoms with Crippen LogP contribution >= 0.6 is 23.4 Å². The lowest BCUT2D eigenvalue weighted by Gasteiger charge is -2.11. The highest BCUT2D eigenvalue weighted by Crippen LogP contribution is 2.33. The van der Waals surface area contributed by atoms with E-state index in [1.165, 1.54) is 25.7 Å². The summed E-state index contributed by atoms with van der Waals surface area (Å²) >= 11 is 7.73. The fraction of sp³-hybridized carbons (Fsp3) is 0.462. The summed E-state index contributed by atoms with van der Waals surface area (Å²) in [5.41, 5.74) is 6.34. The molecule has 4 heteroatoms. The highest BCUT2D eigenvalue weighted by molar-refractivity contribution is 7.99. The Kier molecular flexibility index (Phi) is 4.35. The van der Waals surface area contributed by atoms with Crippen molar-refractivity contribution in [3.8, 4) is 0 Å². The van der Waals surface area contributed by atoms with Crippen LogP contribution in [0.2, 0.25) is 5.02 Å². The first-order valence-corrected chi connectivity index (χ1v) is 7.30. The van der Waals surface area contributed by atoms with Crippen LogP contribution in [-0.4, -0.2) is 11.6 Å². The molecule has 2 rings (SSSR count). The van der Waals surface area contributed by atoms with E-state index < -0.39 is 0 Å². The number of nitrogen functional groups attached to an aromatic ring is 1. The van der Waals surface area contributed by atoms with Gasteiger partial charge >= 0.3 is 0 Å². The molecule has 0 unspecified atom stereocenters. The van der Waals surface area contributed by atoms with Gasteiger partial charge in [0.2, 0.25) is 0 Å². The van der Waals surface area contributed by atoms with Crippen molar-refractivity contribution in [2.45, 2.75) is 30.6 Å². The Morgan fingerprint density at radius 3 is 2.76 bits per heavy atom.